The van der Waals surface area contributed by atoms with Crippen molar-refractivity contribution >= 4 is 33.4 Å². The van der Waals surface area contributed by atoms with Gasteiger partial charge in [0, 0.05) is 32.1 Å². The zero-order valence-electron chi connectivity index (χ0n) is 21.6. The number of pyridine rings is 1. The summed E-state index contributed by atoms with van der Waals surface area (Å²) in [4.78, 5) is 26.2. The zero-order chi connectivity index (χ0) is 27.9. The molecule has 207 valence electrons. The Morgan fingerprint density at radius 3 is 2.82 bits per heavy atom. The minimum Gasteiger partial charge on any atom is -0.488 e. The maximum Gasteiger partial charge on any atom is 0.253 e. The quantitative estimate of drug-likeness (QED) is 0.422. The molecule has 3 aromatic rings. The first kappa shape index (κ1) is 27.0. The third-order valence-electron chi connectivity index (χ3n) is 7.28. The predicted molar refractivity (Wildman–Crippen MR) is 140 cm³/mol. The van der Waals surface area contributed by atoms with Crippen LogP contribution in [0, 0.1) is 5.82 Å². The highest BCUT2D eigenvalue weighted by Crippen LogP contribution is 2.45. The molecule has 2 saturated heterocycles. The van der Waals surface area contributed by atoms with Crippen molar-refractivity contribution in [3.05, 3.63) is 53.1 Å². The second-order valence-electron chi connectivity index (χ2n) is 9.59. The lowest BCUT2D eigenvalue weighted by molar-refractivity contribution is 0.100. The Morgan fingerprint density at radius 1 is 1.36 bits per heavy atom. The molecule has 0 bridgehead atoms. The Morgan fingerprint density at radius 2 is 2.15 bits per heavy atom. The van der Waals surface area contributed by atoms with Gasteiger partial charge in [0.25, 0.3) is 5.91 Å². The molecule has 11 nitrogen and oxygen atoms in total. The normalized spacial score (nSPS) is 19.7. The van der Waals surface area contributed by atoms with Crippen LogP contribution in [0.2, 0.25) is 0 Å². The molecular weight excluding hydrogens is 529 g/mol. The van der Waals surface area contributed by atoms with Gasteiger partial charge in [-0.2, -0.15) is 5.10 Å². The molecule has 0 saturated carbocycles. The molecule has 0 spiro atoms. The summed E-state index contributed by atoms with van der Waals surface area (Å²) < 4.78 is 56.0. The van der Waals surface area contributed by atoms with E-state index in [-0.39, 0.29) is 39.9 Å². The molecule has 1 unspecified atom stereocenters. The van der Waals surface area contributed by atoms with Crippen LogP contribution in [0.1, 0.15) is 53.7 Å². The monoisotopic (exact) mass is 558 g/mol. The van der Waals surface area contributed by atoms with Crippen LogP contribution in [0.3, 0.4) is 0 Å². The van der Waals surface area contributed by atoms with Crippen LogP contribution < -0.4 is 15.4 Å². The average molecular weight is 559 g/mol. The number of hydrogen-bond donors (Lipinski definition) is 1. The van der Waals surface area contributed by atoms with Gasteiger partial charge in [-0.05, 0) is 31.0 Å². The summed E-state index contributed by atoms with van der Waals surface area (Å²) in [6.07, 6.45) is 5.85. The third kappa shape index (κ3) is 4.74. The number of hydrogen-bond acceptors (Lipinski definition) is 8. The highest BCUT2D eigenvalue weighted by molar-refractivity contribution is 7.89. The van der Waals surface area contributed by atoms with Crippen LogP contribution in [0.15, 0.2) is 35.5 Å². The maximum atomic E-state index is 14.6. The molecular formula is C26H29FN5O6S. The summed E-state index contributed by atoms with van der Waals surface area (Å²) in [6.45, 7) is 3.15. The molecule has 2 aromatic heterocycles. The van der Waals surface area contributed by atoms with E-state index >= 15 is 0 Å². The number of benzene rings is 1. The number of anilines is 1. The van der Waals surface area contributed by atoms with Crippen molar-refractivity contribution in [2.24, 2.45) is 5.73 Å². The molecule has 2 atom stereocenters. The maximum absolute atomic E-state index is 14.6. The Labute approximate surface area is 225 Å². The van der Waals surface area contributed by atoms with Crippen molar-refractivity contribution in [2.75, 3.05) is 38.3 Å². The highest BCUT2D eigenvalue weighted by atomic mass is 32.2. The van der Waals surface area contributed by atoms with E-state index in [9.17, 15) is 22.4 Å². The molecule has 1 amide bonds. The first-order chi connectivity index (χ1) is 18.7. The predicted octanol–water partition coefficient (Wildman–Crippen LogP) is 2.18. The van der Waals surface area contributed by atoms with Crippen molar-refractivity contribution in [2.45, 2.75) is 43.2 Å². The first-order valence-electron chi connectivity index (χ1n) is 12.7. The Bertz CT molecular complexity index is 1540. The number of fused-ring (bicyclic) bond motifs is 1. The van der Waals surface area contributed by atoms with Crippen molar-refractivity contribution < 1.29 is 31.9 Å². The van der Waals surface area contributed by atoms with Gasteiger partial charge in [-0.3, -0.25) is 9.59 Å². The summed E-state index contributed by atoms with van der Waals surface area (Å²) in [5, 5.41) is 4.08. The second-order valence-corrected chi connectivity index (χ2v) is 11.6. The molecule has 0 aliphatic carbocycles. The van der Waals surface area contributed by atoms with E-state index in [1.165, 1.54) is 31.6 Å². The van der Waals surface area contributed by atoms with Crippen molar-refractivity contribution in [1.29, 1.82) is 0 Å². The van der Waals surface area contributed by atoms with Crippen LogP contribution in [-0.2, 0) is 19.6 Å². The number of nitrogens with two attached hydrogens (primary N) is 1. The summed E-state index contributed by atoms with van der Waals surface area (Å²) in [6, 6.07) is 3.67. The van der Waals surface area contributed by atoms with Crippen LogP contribution in [0.25, 0.3) is 5.52 Å². The van der Waals surface area contributed by atoms with E-state index in [0.29, 0.717) is 50.3 Å². The third-order valence-corrected chi connectivity index (χ3v) is 9.22. The number of ether oxygens (including phenoxy) is 2. The van der Waals surface area contributed by atoms with Gasteiger partial charge in [-0.15, -0.1) is 0 Å². The van der Waals surface area contributed by atoms with Gasteiger partial charge in [0.05, 0.1) is 54.0 Å². The van der Waals surface area contributed by atoms with E-state index in [2.05, 4.69) is 5.10 Å². The van der Waals surface area contributed by atoms with E-state index in [1.54, 1.807) is 24.2 Å². The van der Waals surface area contributed by atoms with Crippen molar-refractivity contribution in [3.8, 4) is 5.75 Å². The molecule has 5 rings (SSSR count). The SMILES string of the molecule is CCN(C)S(=O)(=O)c1cn2ncc([C]=O)c2c(C(N)=O)c1N1CCC[C@@H]1c1cc(F)ccc1OC1CCOC1. The Balaban J connectivity index is 1.76. The highest BCUT2D eigenvalue weighted by Gasteiger charge is 2.38. The second kappa shape index (κ2) is 10.5. The van der Waals surface area contributed by atoms with Gasteiger partial charge in [-0.1, -0.05) is 6.92 Å². The molecule has 4 heterocycles. The van der Waals surface area contributed by atoms with Crippen molar-refractivity contribution in [1.82, 2.24) is 13.9 Å². The summed E-state index contributed by atoms with van der Waals surface area (Å²) in [5.74, 6) is -0.968. The fourth-order valence-electron chi connectivity index (χ4n) is 5.27. The van der Waals surface area contributed by atoms with Gasteiger partial charge in [-0.25, -0.2) is 21.6 Å². The van der Waals surface area contributed by atoms with Crippen LogP contribution in [0.5, 0.6) is 5.75 Å². The molecule has 39 heavy (non-hydrogen) atoms. The van der Waals surface area contributed by atoms with Gasteiger partial charge >= 0.3 is 0 Å². The molecule has 13 heteroatoms. The first-order valence-corrected chi connectivity index (χ1v) is 14.1. The number of aromatic nitrogens is 2. The number of primary amides is 1. The summed E-state index contributed by atoms with van der Waals surface area (Å²) in [7, 11) is -2.72. The Hall–Kier alpha value is -3.55. The van der Waals surface area contributed by atoms with Crippen molar-refractivity contribution in [3.63, 3.8) is 0 Å². The van der Waals surface area contributed by atoms with Gasteiger partial charge in [0.2, 0.25) is 16.3 Å². The number of amides is 1. The van der Waals surface area contributed by atoms with E-state index in [4.69, 9.17) is 15.2 Å². The van der Waals surface area contributed by atoms with Gasteiger partial charge < -0.3 is 20.1 Å². The van der Waals surface area contributed by atoms with E-state index in [0.717, 1.165) is 8.82 Å². The largest absolute Gasteiger partial charge is 0.488 e. The number of carbonyl (C=O) groups is 1. The summed E-state index contributed by atoms with van der Waals surface area (Å²) in [5.41, 5.74) is 6.24. The lowest BCUT2D eigenvalue weighted by Crippen LogP contribution is -2.33. The minimum atomic E-state index is -4.14. The van der Waals surface area contributed by atoms with Crippen LogP contribution >= 0.6 is 0 Å². The molecule has 1 aromatic carbocycles. The van der Waals surface area contributed by atoms with Gasteiger partial charge in [0.1, 0.15) is 22.6 Å². The molecule has 2 N–H and O–H groups in total. The molecule has 2 aliphatic rings. The van der Waals surface area contributed by atoms with E-state index < -0.39 is 27.8 Å². The molecule has 2 aliphatic heterocycles. The van der Waals surface area contributed by atoms with Crippen LogP contribution in [-0.4, -0.2) is 74.0 Å². The molecule has 1 radical (unpaired) electrons. The number of rotatable bonds is 9. The number of halogens is 1. The van der Waals surface area contributed by atoms with Gasteiger partial charge in [0.15, 0.2) is 0 Å². The topological polar surface area (TPSA) is 137 Å². The lowest BCUT2D eigenvalue weighted by Gasteiger charge is -2.32. The standard InChI is InChI=1S/C26H29FN5O6S/c1-3-30(2)39(35,36)22-13-32-24(16(14-33)12-29-32)23(26(28)34)25(22)31-9-4-5-20(31)19-11-17(27)6-7-21(19)38-18-8-10-37-15-18/h6-7,11-13,18,20H,3-5,8-10,15H2,1-2H3,(H2,28,34)/t18?,20-/m1/s1. The van der Waals surface area contributed by atoms with E-state index in [1.807, 2.05) is 0 Å². The minimum absolute atomic E-state index is 0.0363. The fourth-order valence-corrected chi connectivity index (χ4v) is 6.64. The smallest absolute Gasteiger partial charge is 0.253 e. The summed E-state index contributed by atoms with van der Waals surface area (Å²) >= 11 is 0. The van der Waals surface area contributed by atoms with Crippen LogP contribution in [0.4, 0.5) is 10.1 Å². The fraction of sp³-hybridized carbons (Fsp3) is 0.423. The Kier molecular flexibility index (Phi) is 7.31. The number of sulfonamides is 1. The average Bonchev–Trinajstić information content (AvgIpc) is 3.68. The number of nitrogens with zero attached hydrogens (tertiary/aromatic N) is 4. The lowest BCUT2D eigenvalue weighted by atomic mass is 10.0. The molecule has 2 fully saturated rings. The zero-order valence-corrected chi connectivity index (χ0v) is 22.4. The number of carbonyl (C=O) groups excluding carboxylic acids is 2.